The zero-order valence-corrected chi connectivity index (χ0v) is 15.8. The zero-order valence-electron chi connectivity index (χ0n) is 14.9. The van der Waals surface area contributed by atoms with Crippen molar-refractivity contribution in [2.45, 2.75) is 37.6 Å². The molecule has 0 saturated carbocycles. The second-order valence-corrected chi connectivity index (χ2v) is 8.54. The molecule has 1 amide bonds. The summed E-state index contributed by atoms with van der Waals surface area (Å²) >= 11 is 0. The Balaban J connectivity index is 1.79. The van der Waals surface area contributed by atoms with Gasteiger partial charge in [-0.25, -0.2) is 8.42 Å². The van der Waals surface area contributed by atoms with Gasteiger partial charge in [-0.3, -0.25) is 4.79 Å². The molecular formula is C20H24N2O3S. The molecule has 0 aromatic heterocycles. The van der Waals surface area contributed by atoms with Crippen molar-refractivity contribution in [3.63, 3.8) is 0 Å². The third-order valence-electron chi connectivity index (χ3n) is 4.64. The van der Waals surface area contributed by atoms with Crippen LogP contribution in [0, 0.1) is 6.92 Å². The van der Waals surface area contributed by atoms with Crippen molar-refractivity contribution in [3.8, 4) is 0 Å². The molecule has 3 rings (SSSR count). The number of piperidine rings is 1. The topological polar surface area (TPSA) is 66.5 Å². The molecule has 1 saturated heterocycles. The molecule has 0 atom stereocenters. The van der Waals surface area contributed by atoms with Crippen LogP contribution in [0.3, 0.4) is 0 Å². The van der Waals surface area contributed by atoms with Crippen molar-refractivity contribution in [1.29, 1.82) is 0 Å². The van der Waals surface area contributed by atoms with Gasteiger partial charge in [0, 0.05) is 19.6 Å². The van der Waals surface area contributed by atoms with Gasteiger partial charge in [-0.05, 0) is 37.5 Å². The number of benzene rings is 2. The largest absolute Gasteiger partial charge is 0.348 e. The van der Waals surface area contributed by atoms with E-state index in [1.165, 1.54) is 10.4 Å². The molecule has 0 aliphatic carbocycles. The Morgan fingerprint density at radius 3 is 2.35 bits per heavy atom. The maximum Gasteiger partial charge on any atom is 0.252 e. The Hall–Kier alpha value is -2.18. The van der Waals surface area contributed by atoms with Crippen LogP contribution < -0.4 is 5.32 Å². The number of nitrogens with one attached hydrogen (secondary N) is 1. The molecule has 26 heavy (non-hydrogen) atoms. The molecule has 1 aliphatic heterocycles. The van der Waals surface area contributed by atoms with Crippen molar-refractivity contribution in [1.82, 2.24) is 9.62 Å². The van der Waals surface area contributed by atoms with Gasteiger partial charge in [-0.2, -0.15) is 4.31 Å². The van der Waals surface area contributed by atoms with Crippen LogP contribution in [0.25, 0.3) is 0 Å². The summed E-state index contributed by atoms with van der Waals surface area (Å²) in [5.74, 6) is -0.373. The van der Waals surface area contributed by atoms with Crippen molar-refractivity contribution in [3.05, 3.63) is 65.2 Å². The van der Waals surface area contributed by atoms with E-state index in [9.17, 15) is 13.2 Å². The van der Waals surface area contributed by atoms with Crippen LogP contribution in [0.15, 0.2) is 53.4 Å². The third-order valence-corrected chi connectivity index (χ3v) is 6.60. The summed E-state index contributed by atoms with van der Waals surface area (Å²) in [7, 11) is -3.65. The minimum atomic E-state index is -3.65. The van der Waals surface area contributed by atoms with Gasteiger partial charge in [0.2, 0.25) is 10.0 Å². The summed E-state index contributed by atoms with van der Waals surface area (Å²) in [4.78, 5) is 12.7. The molecule has 138 valence electrons. The number of nitrogens with zero attached hydrogens (tertiary/aromatic N) is 1. The molecule has 1 fully saturated rings. The Morgan fingerprint density at radius 1 is 1.00 bits per heavy atom. The van der Waals surface area contributed by atoms with Gasteiger partial charge in [0.05, 0.1) is 10.5 Å². The van der Waals surface area contributed by atoms with Crippen molar-refractivity contribution in [2.75, 3.05) is 13.1 Å². The number of hydrogen-bond acceptors (Lipinski definition) is 3. The monoisotopic (exact) mass is 372 g/mol. The lowest BCUT2D eigenvalue weighted by atomic mass is 10.1. The number of carbonyl (C=O) groups is 1. The molecule has 0 radical (unpaired) electrons. The standard InChI is InChI=1S/C20H24N2O3S/c1-16-9-11-17(12-10-16)15-21-20(23)18-7-3-4-8-19(18)26(24,25)22-13-5-2-6-14-22/h3-4,7-12H,2,5-6,13-15H2,1H3,(H,21,23). The average molecular weight is 372 g/mol. The lowest BCUT2D eigenvalue weighted by Crippen LogP contribution is -2.37. The summed E-state index contributed by atoms with van der Waals surface area (Å²) in [6, 6.07) is 14.3. The van der Waals surface area contributed by atoms with Crippen LogP contribution in [-0.2, 0) is 16.6 Å². The highest BCUT2D eigenvalue weighted by Crippen LogP contribution is 2.23. The van der Waals surface area contributed by atoms with Gasteiger partial charge < -0.3 is 5.32 Å². The summed E-state index contributed by atoms with van der Waals surface area (Å²) in [5, 5.41) is 2.83. The molecule has 6 heteroatoms. The van der Waals surface area contributed by atoms with E-state index >= 15 is 0 Å². The quantitative estimate of drug-likeness (QED) is 0.877. The summed E-state index contributed by atoms with van der Waals surface area (Å²) in [6.07, 6.45) is 2.77. The van der Waals surface area contributed by atoms with Gasteiger partial charge in [0.1, 0.15) is 0 Å². The lowest BCUT2D eigenvalue weighted by Gasteiger charge is -2.26. The van der Waals surface area contributed by atoms with E-state index in [-0.39, 0.29) is 16.4 Å². The fourth-order valence-corrected chi connectivity index (χ4v) is 4.81. The maximum atomic E-state index is 13.0. The molecular weight excluding hydrogens is 348 g/mol. The fourth-order valence-electron chi connectivity index (χ4n) is 3.11. The fraction of sp³-hybridized carbons (Fsp3) is 0.350. The first-order chi connectivity index (χ1) is 12.5. The van der Waals surface area contributed by atoms with Crippen molar-refractivity contribution >= 4 is 15.9 Å². The number of hydrogen-bond donors (Lipinski definition) is 1. The molecule has 2 aromatic carbocycles. The lowest BCUT2D eigenvalue weighted by molar-refractivity contribution is 0.0947. The second-order valence-electron chi connectivity index (χ2n) is 6.63. The molecule has 2 aromatic rings. The smallest absolute Gasteiger partial charge is 0.252 e. The van der Waals surface area contributed by atoms with E-state index in [2.05, 4.69) is 5.32 Å². The predicted octanol–water partition coefficient (Wildman–Crippen LogP) is 3.10. The minimum absolute atomic E-state index is 0.0864. The van der Waals surface area contributed by atoms with E-state index in [1.807, 2.05) is 31.2 Å². The summed E-state index contributed by atoms with van der Waals surface area (Å²) in [5.41, 5.74) is 2.32. The van der Waals surface area contributed by atoms with Gasteiger partial charge in [0.15, 0.2) is 0 Å². The Morgan fingerprint density at radius 2 is 1.65 bits per heavy atom. The van der Waals surface area contributed by atoms with Gasteiger partial charge in [-0.1, -0.05) is 48.4 Å². The van der Waals surface area contributed by atoms with E-state index < -0.39 is 10.0 Å². The van der Waals surface area contributed by atoms with Gasteiger partial charge >= 0.3 is 0 Å². The first kappa shape index (κ1) is 18.6. The molecule has 0 unspecified atom stereocenters. The number of rotatable bonds is 5. The molecule has 1 aliphatic rings. The van der Waals surface area contributed by atoms with E-state index in [1.54, 1.807) is 18.2 Å². The van der Waals surface area contributed by atoms with Gasteiger partial charge in [0.25, 0.3) is 5.91 Å². The predicted molar refractivity (Wildman–Crippen MR) is 101 cm³/mol. The van der Waals surface area contributed by atoms with Crippen LogP contribution in [0.4, 0.5) is 0 Å². The van der Waals surface area contributed by atoms with Gasteiger partial charge in [-0.15, -0.1) is 0 Å². The third kappa shape index (κ3) is 4.14. The second kappa shape index (κ2) is 8.01. The summed E-state index contributed by atoms with van der Waals surface area (Å²) in [6.45, 7) is 3.39. The minimum Gasteiger partial charge on any atom is -0.348 e. The number of sulfonamides is 1. The highest BCUT2D eigenvalue weighted by atomic mass is 32.2. The number of aryl methyl sites for hydroxylation is 1. The van der Waals surface area contributed by atoms with Crippen LogP contribution in [0.1, 0.15) is 40.7 Å². The Kier molecular flexibility index (Phi) is 5.74. The number of amides is 1. The highest BCUT2D eigenvalue weighted by molar-refractivity contribution is 7.89. The first-order valence-corrected chi connectivity index (χ1v) is 10.4. The molecule has 1 heterocycles. The van der Waals surface area contributed by atoms with E-state index in [0.717, 1.165) is 30.4 Å². The van der Waals surface area contributed by atoms with Crippen LogP contribution in [0.5, 0.6) is 0 Å². The van der Waals surface area contributed by atoms with Crippen LogP contribution in [-0.4, -0.2) is 31.7 Å². The SMILES string of the molecule is Cc1ccc(CNC(=O)c2ccccc2S(=O)(=O)N2CCCCC2)cc1. The molecule has 1 N–H and O–H groups in total. The summed E-state index contributed by atoms with van der Waals surface area (Å²) < 4.78 is 27.4. The molecule has 0 spiro atoms. The molecule has 0 bridgehead atoms. The maximum absolute atomic E-state index is 13.0. The van der Waals surface area contributed by atoms with Crippen LogP contribution in [0.2, 0.25) is 0 Å². The molecule has 5 nitrogen and oxygen atoms in total. The number of carbonyl (C=O) groups excluding carboxylic acids is 1. The van der Waals surface area contributed by atoms with Crippen LogP contribution >= 0.6 is 0 Å². The normalized spacial score (nSPS) is 15.6. The highest BCUT2D eigenvalue weighted by Gasteiger charge is 2.29. The van der Waals surface area contributed by atoms with Crippen molar-refractivity contribution in [2.24, 2.45) is 0 Å². The first-order valence-electron chi connectivity index (χ1n) is 8.91. The zero-order chi connectivity index (χ0) is 18.6. The van der Waals surface area contributed by atoms with E-state index in [0.29, 0.717) is 19.6 Å². The average Bonchev–Trinajstić information content (AvgIpc) is 2.68. The Labute approximate surface area is 155 Å². The van der Waals surface area contributed by atoms with Crippen molar-refractivity contribution < 1.29 is 13.2 Å². The Bertz CT molecular complexity index is 870. The van der Waals surface area contributed by atoms with E-state index in [4.69, 9.17) is 0 Å².